The quantitative estimate of drug-likeness (QED) is 0.752. The molecule has 1 amide bonds. The molecule has 3 aliphatic rings. The number of hydrogen-bond donors (Lipinski definition) is 1. The number of sulfonamides is 1. The Hall–Kier alpha value is -2.64. The molecule has 0 saturated carbocycles. The zero-order chi connectivity index (χ0) is 23.2. The number of para-hydroxylation sites is 1. The summed E-state index contributed by atoms with van der Waals surface area (Å²) in [6, 6.07) is 15.6. The van der Waals surface area contributed by atoms with E-state index in [1.807, 2.05) is 35.2 Å². The highest BCUT2D eigenvalue weighted by Gasteiger charge is 2.47. The summed E-state index contributed by atoms with van der Waals surface area (Å²) in [5.41, 5.74) is 11.8. The number of amides is 1. The summed E-state index contributed by atoms with van der Waals surface area (Å²) in [5.74, 6) is -0.00383. The first-order valence-corrected chi connectivity index (χ1v) is 13.5. The summed E-state index contributed by atoms with van der Waals surface area (Å²) >= 11 is 0. The molecule has 1 unspecified atom stereocenters. The minimum Gasteiger partial charge on any atom is -0.341 e. The van der Waals surface area contributed by atoms with Crippen LogP contribution in [0.4, 0.5) is 5.69 Å². The fourth-order valence-corrected chi connectivity index (χ4v) is 6.72. The van der Waals surface area contributed by atoms with Gasteiger partial charge in [0.2, 0.25) is 15.9 Å². The highest BCUT2D eigenvalue weighted by molar-refractivity contribution is 7.92. The van der Waals surface area contributed by atoms with E-state index in [0.29, 0.717) is 26.1 Å². The van der Waals surface area contributed by atoms with Gasteiger partial charge in [0.25, 0.3) is 0 Å². The Morgan fingerprint density at radius 2 is 1.76 bits per heavy atom. The van der Waals surface area contributed by atoms with Gasteiger partial charge in [0, 0.05) is 25.0 Å². The Morgan fingerprint density at radius 1 is 1.06 bits per heavy atom. The van der Waals surface area contributed by atoms with E-state index >= 15 is 0 Å². The smallest absolute Gasteiger partial charge is 0.239 e. The van der Waals surface area contributed by atoms with Crippen molar-refractivity contribution in [2.75, 3.05) is 30.2 Å². The van der Waals surface area contributed by atoms with Crippen LogP contribution in [0.2, 0.25) is 0 Å². The van der Waals surface area contributed by atoms with E-state index in [9.17, 15) is 13.2 Å². The Balaban J connectivity index is 1.26. The van der Waals surface area contributed by atoms with Crippen molar-refractivity contribution in [2.24, 2.45) is 5.73 Å². The van der Waals surface area contributed by atoms with Crippen LogP contribution in [-0.2, 0) is 26.7 Å². The number of nitrogens with zero attached hydrogens (tertiary/aromatic N) is 2. The van der Waals surface area contributed by atoms with Crippen LogP contribution in [0.1, 0.15) is 42.4 Å². The number of carbonyl (C=O) groups is 1. The van der Waals surface area contributed by atoms with Crippen molar-refractivity contribution < 1.29 is 13.2 Å². The maximum atomic E-state index is 13.2. The number of piperidine rings is 1. The van der Waals surface area contributed by atoms with Gasteiger partial charge in [-0.2, -0.15) is 0 Å². The predicted molar refractivity (Wildman–Crippen MR) is 131 cm³/mol. The van der Waals surface area contributed by atoms with Crippen LogP contribution in [0, 0.1) is 0 Å². The molecule has 1 aliphatic carbocycles. The second-order valence-corrected chi connectivity index (χ2v) is 11.6. The minimum atomic E-state index is -3.35. The largest absolute Gasteiger partial charge is 0.341 e. The van der Waals surface area contributed by atoms with Gasteiger partial charge in [-0.15, -0.1) is 0 Å². The number of aryl methyl sites for hydroxylation is 1. The normalized spacial score (nSPS) is 20.2. The van der Waals surface area contributed by atoms with E-state index in [-0.39, 0.29) is 11.3 Å². The standard InChI is InChI=1S/C26H31N3O3S/c1-33(31,32)29-18-26(22-8-4-5-9-24(22)29)12-14-28(15-13-26)25(30)23(27)17-19-10-11-20-6-2-3-7-21(20)16-19/h2-9,16,23H,10-15,17-18,27H2,1H3. The third-order valence-corrected chi connectivity index (χ3v) is 8.68. The fraction of sp³-hybridized carbons (Fsp3) is 0.423. The molecule has 1 fully saturated rings. The van der Waals surface area contributed by atoms with Crippen molar-refractivity contribution in [2.45, 2.75) is 43.6 Å². The molecule has 0 bridgehead atoms. The van der Waals surface area contributed by atoms with E-state index in [2.05, 4.69) is 24.3 Å². The van der Waals surface area contributed by atoms with E-state index in [1.165, 1.54) is 27.3 Å². The molecule has 33 heavy (non-hydrogen) atoms. The van der Waals surface area contributed by atoms with Gasteiger partial charge < -0.3 is 10.6 Å². The lowest BCUT2D eigenvalue weighted by Gasteiger charge is -2.40. The van der Waals surface area contributed by atoms with Crippen LogP contribution in [0.3, 0.4) is 0 Å². The molecule has 6 nitrogen and oxygen atoms in total. The van der Waals surface area contributed by atoms with Crippen molar-refractivity contribution in [3.8, 4) is 0 Å². The van der Waals surface area contributed by atoms with Crippen LogP contribution in [0.25, 0.3) is 6.08 Å². The first-order chi connectivity index (χ1) is 15.8. The van der Waals surface area contributed by atoms with Gasteiger partial charge >= 0.3 is 0 Å². The van der Waals surface area contributed by atoms with Crippen LogP contribution < -0.4 is 10.0 Å². The molecule has 2 aromatic carbocycles. The minimum absolute atomic E-state index is 0.00383. The molecule has 2 N–H and O–H groups in total. The van der Waals surface area contributed by atoms with Gasteiger partial charge in [0.1, 0.15) is 0 Å². The summed E-state index contributed by atoms with van der Waals surface area (Å²) in [7, 11) is -3.35. The Morgan fingerprint density at radius 3 is 2.52 bits per heavy atom. The van der Waals surface area contributed by atoms with Gasteiger partial charge in [-0.3, -0.25) is 9.10 Å². The number of benzene rings is 2. The SMILES string of the molecule is CS(=O)(=O)N1CC2(CCN(C(=O)C(N)CC3=Cc4ccccc4CC3)CC2)c2ccccc21. The molecule has 5 rings (SSSR count). The average Bonchev–Trinajstić information content (AvgIpc) is 3.14. The van der Waals surface area contributed by atoms with Gasteiger partial charge in [-0.05, 0) is 54.9 Å². The lowest BCUT2D eigenvalue weighted by atomic mass is 9.74. The third-order valence-electron chi connectivity index (χ3n) is 7.55. The van der Waals surface area contributed by atoms with E-state index in [1.54, 1.807) is 0 Å². The molecule has 2 heterocycles. The molecule has 1 spiro atoms. The van der Waals surface area contributed by atoms with Crippen molar-refractivity contribution in [1.29, 1.82) is 0 Å². The number of hydrogen-bond acceptors (Lipinski definition) is 4. The van der Waals surface area contributed by atoms with Gasteiger partial charge in [0.05, 0.1) is 18.0 Å². The summed E-state index contributed by atoms with van der Waals surface area (Å²) in [6.45, 7) is 1.65. The van der Waals surface area contributed by atoms with E-state index in [0.717, 1.165) is 36.9 Å². The fourth-order valence-electron chi connectivity index (χ4n) is 5.72. The van der Waals surface area contributed by atoms with Crippen molar-refractivity contribution >= 4 is 27.7 Å². The zero-order valence-electron chi connectivity index (χ0n) is 19.0. The number of likely N-dealkylation sites (tertiary alicyclic amines) is 1. The molecule has 1 atom stereocenters. The second kappa shape index (κ2) is 8.29. The lowest BCUT2D eigenvalue weighted by molar-refractivity contribution is -0.134. The Bertz CT molecular complexity index is 1210. The summed E-state index contributed by atoms with van der Waals surface area (Å²) < 4.78 is 26.3. The molecule has 2 aromatic rings. The van der Waals surface area contributed by atoms with Gasteiger partial charge in [-0.1, -0.05) is 54.1 Å². The Kier molecular flexibility index (Phi) is 5.57. The van der Waals surface area contributed by atoms with Crippen molar-refractivity contribution in [3.63, 3.8) is 0 Å². The lowest BCUT2D eigenvalue weighted by Crippen LogP contribution is -2.51. The van der Waals surface area contributed by atoms with Crippen LogP contribution >= 0.6 is 0 Å². The molecule has 7 heteroatoms. The number of carbonyl (C=O) groups excluding carboxylic acids is 1. The monoisotopic (exact) mass is 465 g/mol. The molecular formula is C26H31N3O3S. The average molecular weight is 466 g/mol. The number of rotatable bonds is 4. The zero-order valence-corrected chi connectivity index (χ0v) is 19.9. The third kappa shape index (κ3) is 4.08. The first-order valence-electron chi connectivity index (χ1n) is 11.7. The molecule has 174 valence electrons. The number of anilines is 1. The summed E-state index contributed by atoms with van der Waals surface area (Å²) in [5, 5.41) is 0. The van der Waals surface area contributed by atoms with Crippen LogP contribution in [0.5, 0.6) is 0 Å². The van der Waals surface area contributed by atoms with Crippen LogP contribution in [0.15, 0.2) is 54.1 Å². The number of fused-ring (bicyclic) bond motifs is 3. The summed E-state index contributed by atoms with van der Waals surface area (Å²) in [4.78, 5) is 15.0. The highest BCUT2D eigenvalue weighted by atomic mass is 32.2. The van der Waals surface area contributed by atoms with Gasteiger partial charge in [0.15, 0.2) is 0 Å². The molecule has 0 radical (unpaired) electrons. The number of nitrogens with two attached hydrogens (primary N) is 1. The second-order valence-electron chi connectivity index (χ2n) is 9.70. The molecule has 0 aromatic heterocycles. The van der Waals surface area contributed by atoms with Crippen molar-refractivity contribution in [1.82, 2.24) is 4.90 Å². The van der Waals surface area contributed by atoms with Gasteiger partial charge in [-0.25, -0.2) is 8.42 Å². The van der Waals surface area contributed by atoms with E-state index in [4.69, 9.17) is 5.73 Å². The topological polar surface area (TPSA) is 83.7 Å². The predicted octanol–water partition coefficient (Wildman–Crippen LogP) is 3.07. The van der Waals surface area contributed by atoms with E-state index < -0.39 is 16.1 Å². The van der Waals surface area contributed by atoms with Crippen LogP contribution in [-0.4, -0.2) is 51.2 Å². The maximum absolute atomic E-state index is 13.2. The molecule has 2 aliphatic heterocycles. The molecular weight excluding hydrogens is 434 g/mol. The highest BCUT2D eigenvalue weighted by Crippen LogP contribution is 2.47. The first kappa shape index (κ1) is 22.2. The van der Waals surface area contributed by atoms with Crippen molar-refractivity contribution in [3.05, 3.63) is 70.8 Å². The Labute approximate surface area is 196 Å². The molecule has 1 saturated heterocycles. The summed E-state index contributed by atoms with van der Waals surface area (Å²) in [6.07, 6.45) is 7.45. The maximum Gasteiger partial charge on any atom is 0.239 e.